The van der Waals surface area contributed by atoms with Gasteiger partial charge in [0.2, 0.25) is 0 Å². The molecule has 0 atom stereocenters. The highest BCUT2D eigenvalue weighted by molar-refractivity contribution is 14.1. The van der Waals surface area contributed by atoms with E-state index in [1.165, 1.54) is 0 Å². The zero-order chi connectivity index (χ0) is 13.0. The van der Waals surface area contributed by atoms with Gasteiger partial charge in [-0.15, -0.1) is 0 Å². The molecule has 0 radical (unpaired) electrons. The summed E-state index contributed by atoms with van der Waals surface area (Å²) in [5.41, 5.74) is 1.99. The molecule has 2 nitrogen and oxygen atoms in total. The summed E-state index contributed by atoms with van der Waals surface area (Å²) in [4.78, 5) is 14.4. The summed E-state index contributed by atoms with van der Waals surface area (Å²) in [7, 11) is 0. The second-order valence-electron chi connectivity index (χ2n) is 4.53. The van der Waals surface area contributed by atoms with Crippen LogP contribution in [0.3, 0.4) is 0 Å². The van der Waals surface area contributed by atoms with Crippen LogP contribution in [0.15, 0.2) is 18.2 Å². The molecule has 0 aromatic heterocycles. The minimum Gasteiger partial charge on any atom is -0.336 e. The Morgan fingerprint density at radius 3 is 2.59 bits per heavy atom. The predicted molar refractivity (Wildman–Crippen MR) is 80.4 cm³/mol. The van der Waals surface area contributed by atoms with Gasteiger partial charge in [-0.2, -0.15) is 0 Å². The molecule has 0 unspecified atom stereocenters. The lowest BCUT2D eigenvalue weighted by Gasteiger charge is -2.27. The van der Waals surface area contributed by atoms with Gasteiger partial charge in [0.1, 0.15) is 0 Å². The smallest absolute Gasteiger partial charge is 0.255 e. The SMILES string of the molecule is CCCN(C(=O)c1cccc(C)c1I)C(C)C. The number of amides is 1. The molecule has 0 fully saturated rings. The van der Waals surface area contributed by atoms with Crippen molar-refractivity contribution in [3.05, 3.63) is 32.9 Å². The molecule has 17 heavy (non-hydrogen) atoms. The number of rotatable bonds is 4. The summed E-state index contributed by atoms with van der Waals surface area (Å²) in [6.45, 7) is 9.09. The fraction of sp³-hybridized carbons (Fsp3) is 0.500. The van der Waals surface area contributed by atoms with Gasteiger partial charge >= 0.3 is 0 Å². The van der Waals surface area contributed by atoms with Crippen LogP contribution >= 0.6 is 22.6 Å². The molecular weight excluding hydrogens is 325 g/mol. The van der Waals surface area contributed by atoms with Gasteiger partial charge in [-0.3, -0.25) is 4.79 Å². The average Bonchev–Trinajstić information content (AvgIpc) is 2.28. The largest absolute Gasteiger partial charge is 0.336 e. The summed E-state index contributed by atoms with van der Waals surface area (Å²) in [5, 5.41) is 0. The van der Waals surface area contributed by atoms with E-state index in [0.29, 0.717) is 0 Å². The van der Waals surface area contributed by atoms with Crippen LogP contribution in [0.5, 0.6) is 0 Å². The number of nitrogens with zero attached hydrogens (tertiary/aromatic N) is 1. The minimum absolute atomic E-state index is 0.148. The van der Waals surface area contributed by atoms with Crippen LogP contribution in [0.2, 0.25) is 0 Å². The highest BCUT2D eigenvalue weighted by atomic mass is 127. The molecule has 0 aliphatic rings. The molecule has 0 bridgehead atoms. The predicted octanol–water partition coefficient (Wildman–Crippen LogP) is 3.86. The van der Waals surface area contributed by atoms with Crippen LogP contribution in [0.4, 0.5) is 0 Å². The summed E-state index contributed by atoms with van der Waals surface area (Å²) in [6.07, 6.45) is 0.992. The van der Waals surface area contributed by atoms with E-state index in [0.717, 1.165) is 27.7 Å². The van der Waals surface area contributed by atoms with Gasteiger partial charge in [0, 0.05) is 16.2 Å². The lowest BCUT2D eigenvalue weighted by molar-refractivity contribution is 0.0704. The molecule has 0 saturated heterocycles. The Balaban J connectivity index is 3.05. The summed E-state index contributed by atoms with van der Waals surface area (Å²) in [6, 6.07) is 6.16. The zero-order valence-corrected chi connectivity index (χ0v) is 13.1. The van der Waals surface area contributed by atoms with Gasteiger partial charge < -0.3 is 4.90 Å². The third kappa shape index (κ3) is 3.44. The molecule has 1 rings (SSSR count). The van der Waals surface area contributed by atoms with Crippen LogP contribution in [-0.4, -0.2) is 23.4 Å². The van der Waals surface area contributed by atoms with E-state index in [1.807, 2.05) is 30.0 Å². The third-order valence-electron chi connectivity index (χ3n) is 2.77. The standard InChI is InChI=1S/C14H20INO/c1-5-9-16(10(2)3)14(17)12-8-6-7-11(4)13(12)15/h6-8,10H,5,9H2,1-4H3. The first-order valence-corrected chi connectivity index (χ1v) is 7.13. The first kappa shape index (κ1) is 14.5. The van der Waals surface area contributed by atoms with Crippen LogP contribution in [0, 0.1) is 10.5 Å². The first-order valence-electron chi connectivity index (χ1n) is 6.05. The van der Waals surface area contributed by atoms with Gasteiger partial charge in [-0.1, -0.05) is 19.1 Å². The molecule has 0 aliphatic carbocycles. The van der Waals surface area contributed by atoms with E-state index >= 15 is 0 Å². The normalized spacial score (nSPS) is 10.7. The number of carbonyl (C=O) groups is 1. The van der Waals surface area contributed by atoms with E-state index in [1.54, 1.807) is 0 Å². The Kier molecular flexibility index (Phi) is 5.43. The van der Waals surface area contributed by atoms with Crippen LogP contribution in [-0.2, 0) is 0 Å². The van der Waals surface area contributed by atoms with Gasteiger partial charge in [0.15, 0.2) is 0 Å². The number of benzene rings is 1. The highest BCUT2D eigenvalue weighted by Gasteiger charge is 2.20. The minimum atomic E-state index is 0.148. The van der Waals surface area contributed by atoms with Crippen molar-refractivity contribution in [1.29, 1.82) is 0 Å². The van der Waals surface area contributed by atoms with Crippen molar-refractivity contribution in [3.8, 4) is 0 Å². The number of halogens is 1. The van der Waals surface area contributed by atoms with Gasteiger partial charge in [-0.25, -0.2) is 0 Å². The van der Waals surface area contributed by atoms with Gasteiger partial charge in [0.05, 0.1) is 5.56 Å². The molecule has 94 valence electrons. The topological polar surface area (TPSA) is 20.3 Å². The molecular formula is C14H20INO. The Morgan fingerprint density at radius 2 is 2.06 bits per heavy atom. The molecule has 3 heteroatoms. The summed E-state index contributed by atoms with van der Waals surface area (Å²) in [5.74, 6) is 0.148. The first-order chi connectivity index (χ1) is 7.99. The molecule has 1 aromatic rings. The Labute approximate surface area is 118 Å². The van der Waals surface area contributed by atoms with Gasteiger partial charge in [0.25, 0.3) is 5.91 Å². The molecule has 1 amide bonds. The monoisotopic (exact) mass is 345 g/mol. The van der Waals surface area contributed by atoms with Gasteiger partial charge in [-0.05, 0) is 61.4 Å². The molecule has 0 heterocycles. The van der Waals surface area contributed by atoms with Crippen molar-refractivity contribution in [3.63, 3.8) is 0 Å². The van der Waals surface area contributed by atoms with Crippen LogP contribution < -0.4 is 0 Å². The average molecular weight is 345 g/mol. The van der Waals surface area contributed by atoms with Crippen molar-refractivity contribution >= 4 is 28.5 Å². The maximum Gasteiger partial charge on any atom is 0.255 e. The number of aryl methyl sites for hydroxylation is 1. The maximum atomic E-state index is 12.5. The van der Waals surface area contributed by atoms with Crippen molar-refractivity contribution in [2.75, 3.05) is 6.54 Å². The van der Waals surface area contributed by atoms with Crippen molar-refractivity contribution < 1.29 is 4.79 Å². The van der Waals surface area contributed by atoms with Crippen molar-refractivity contribution in [1.82, 2.24) is 4.90 Å². The highest BCUT2D eigenvalue weighted by Crippen LogP contribution is 2.19. The fourth-order valence-electron chi connectivity index (χ4n) is 1.80. The van der Waals surface area contributed by atoms with Crippen LogP contribution in [0.1, 0.15) is 43.1 Å². The zero-order valence-electron chi connectivity index (χ0n) is 11.0. The second kappa shape index (κ2) is 6.38. The quantitative estimate of drug-likeness (QED) is 0.759. The Morgan fingerprint density at radius 1 is 1.41 bits per heavy atom. The van der Waals surface area contributed by atoms with Crippen LogP contribution in [0.25, 0.3) is 0 Å². The second-order valence-corrected chi connectivity index (χ2v) is 5.61. The van der Waals surface area contributed by atoms with E-state index in [2.05, 4.69) is 43.4 Å². The molecule has 0 N–H and O–H groups in total. The maximum absolute atomic E-state index is 12.5. The molecule has 0 spiro atoms. The van der Waals surface area contributed by atoms with E-state index in [-0.39, 0.29) is 11.9 Å². The molecule has 0 saturated carbocycles. The number of hydrogen-bond acceptors (Lipinski definition) is 1. The Hall–Kier alpha value is -0.580. The van der Waals surface area contributed by atoms with Crippen molar-refractivity contribution in [2.24, 2.45) is 0 Å². The number of carbonyl (C=O) groups excluding carboxylic acids is 1. The van der Waals surface area contributed by atoms with E-state index < -0.39 is 0 Å². The lowest BCUT2D eigenvalue weighted by atomic mass is 10.1. The molecule has 1 aromatic carbocycles. The van der Waals surface area contributed by atoms with Crippen molar-refractivity contribution in [2.45, 2.75) is 40.2 Å². The Bertz CT molecular complexity index is 401. The number of hydrogen-bond donors (Lipinski definition) is 0. The third-order valence-corrected chi connectivity index (χ3v) is 4.20. The van der Waals surface area contributed by atoms with E-state index in [9.17, 15) is 4.79 Å². The molecule has 0 aliphatic heterocycles. The van der Waals surface area contributed by atoms with E-state index in [4.69, 9.17) is 0 Å². The summed E-state index contributed by atoms with van der Waals surface area (Å²) < 4.78 is 1.07. The summed E-state index contributed by atoms with van der Waals surface area (Å²) >= 11 is 2.26. The fourth-order valence-corrected chi connectivity index (χ4v) is 2.39. The lowest BCUT2D eigenvalue weighted by Crippen LogP contribution is -2.38.